The molecule has 0 saturated carbocycles. The van der Waals surface area contributed by atoms with E-state index in [1.165, 1.54) is 22.8 Å². The molecule has 0 fully saturated rings. The van der Waals surface area contributed by atoms with Gasteiger partial charge in [-0.05, 0) is 97.4 Å². The minimum Gasteiger partial charge on any atom is -0.514 e. The fourth-order valence-electron chi connectivity index (χ4n) is 4.15. The minimum atomic E-state index is -0.446. The second kappa shape index (κ2) is 17.9. The molecule has 0 aliphatic heterocycles. The van der Waals surface area contributed by atoms with Crippen molar-refractivity contribution in [3.63, 3.8) is 0 Å². The van der Waals surface area contributed by atoms with Gasteiger partial charge in [-0.15, -0.1) is 0 Å². The van der Waals surface area contributed by atoms with E-state index in [9.17, 15) is 0 Å². The Balaban J connectivity index is 0.000000192. The van der Waals surface area contributed by atoms with Gasteiger partial charge in [-0.1, -0.05) is 91.0 Å². The van der Waals surface area contributed by atoms with Gasteiger partial charge in [-0.25, -0.2) is 0 Å². The van der Waals surface area contributed by atoms with E-state index < -0.39 is 7.92 Å². The van der Waals surface area contributed by atoms with Crippen molar-refractivity contribution >= 4 is 40.6 Å². The van der Waals surface area contributed by atoms with Crippen LogP contribution in [0.25, 0.3) is 0 Å². The number of rotatable bonds is 6. The maximum absolute atomic E-state index is 7.32. The Morgan fingerprint density at radius 1 is 0.525 bits per heavy atom. The second-order valence-electron chi connectivity index (χ2n) is 8.30. The topological polar surface area (TPSA) is 38.6 Å². The van der Waals surface area contributed by atoms with Crippen LogP contribution in [0.3, 0.4) is 0 Å². The van der Waals surface area contributed by atoms with Crippen LogP contribution < -0.4 is 15.9 Å². The second-order valence-corrected chi connectivity index (χ2v) is 10.5. The van der Waals surface area contributed by atoms with Crippen molar-refractivity contribution in [2.45, 2.75) is 6.92 Å². The number of hydrogen-bond acceptors (Lipinski definition) is 1. The summed E-state index contributed by atoms with van der Waals surface area (Å²) >= 11 is 1.82. The van der Waals surface area contributed by atoms with E-state index in [4.69, 9.17) is 5.26 Å². The van der Waals surface area contributed by atoms with Gasteiger partial charge in [-0.2, -0.15) is 5.26 Å². The third kappa shape index (κ3) is 8.97. The van der Waals surface area contributed by atoms with Gasteiger partial charge in [0.25, 0.3) is 0 Å². The van der Waals surface area contributed by atoms with Gasteiger partial charge in [-0.3, -0.25) is 0 Å². The number of nitrogens with zero attached hydrogens (tertiary/aromatic N) is 4. The first-order valence-electron chi connectivity index (χ1n) is 12.6. The molecule has 0 spiro atoms. The smallest absolute Gasteiger partial charge is 0.201 e. The van der Waals surface area contributed by atoms with E-state index in [0.29, 0.717) is 0 Å². The Morgan fingerprint density at radius 2 is 0.750 bits per heavy atom. The quantitative estimate of drug-likeness (QED) is 0.147. The molecule has 8 heteroatoms. The van der Waals surface area contributed by atoms with Crippen molar-refractivity contribution in [3.8, 4) is 6.07 Å². The molecule has 0 aliphatic rings. The summed E-state index contributed by atoms with van der Waals surface area (Å²) in [6.07, 6.45) is 12.4. The Hall–Kier alpha value is -3.60. The maximum atomic E-state index is 7.32. The molecule has 0 amide bonds. The predicted molar refractivity (Wildman–Crippen MR) is 168 cm³/mol. The Kier molecular flexibility index (Phi) is 13.8. The Morgan fingerprint density at radius 3 is 0.975 bits per heavy atom. The van der Waals surface area contributed by atoms with Gasteiger partial charge in [0.2, 0.25) is 7.12 Å². The first-order valence-corrected chi connectivity index (χ1v) is 16.2. The Labute approximate surface area is 253 Å². The monoisotopic (exact) mass is 649 g/mol. The summed E-state index contributed by atoms with van der Waals surface area (Å²) in [5, 5.41) is 11.5. The summed E-state index contributed by atoms with van der Waals surface area (Å²) in [4.78, 5) is 0. The van der Waals surface area contributed by atoms with Crippen LogP contribution in [0.4, 0.5) is 0 Å². The standard InChI is InChI=1S/C18H15P.C12H12BN3.C2H3N.ClH.Ru/c1-4-10-16(11-5-1)19(17-12-6-2-7-13-17)18-14-8-3-9-15-18;1-2-8-14(7-1)13(15-9-3-4-10-15)16-11-5-6-12-16;1-2-3;;/h1-15H;1-12H;1H3;1H;/q;-1;;;+2/p-1. The fraction of sp³-hybridized carbons (Fsp3) is 0.0312. The molecule has 0 saturated heterocycles. The van der Waals surface area contributed by atoms with E-state index >= 15 is 0 Å². The summed E-state index contributed by atoms with van der Waals surface area (Å²) in [5.74, 6) is 0. The molecule has 4 nitrogen and oxygen atoms in total. The van der Waals surface area contributed by atoms with Crippen molar-refractivity contribution in [2.24, 2.45) is 0 Å². The first-order chi connectivity index (χ1) is 19.8. The predicted octanol–water partition coefficient (Wildman–Crippen LogP) is 6.68. The van der Waals surface area contributed by atoms with Crippen LogP contribution in [0.2, 0.25) is 0 Å². The summed E-state index contributed by atoms with van der Waals surface area (Å²) in [6.45, 7) is 1.43. The van der Waals surface area contributed by atoms with Gasteiger partial charge < -0.3 is 13.4 Å². The van der Waals surface area contributed by atoms with Crippen LogP contribution in [0.1, 0.15) is 6.92 Å². The number of halogens is 1. The van der Waals surface area contributed by atoms with Crippen molar-refractivity contribution in [3.05, 3.63) is 165 Å². The van der Waals surface area contributed by atoms with Crippen LogP contribution in [-0.2, 0) is 17.3 Å². The maximum Gasteiger partial charge on any atom is 0.201 e. The normalized spacial score (nSPS) is 9.80. The number of hydrogen-bond donors (Lipinski definition) is 0. The Bertz CT molecular complexity index is 1300. The molecule has 0 N–H and O–H groups in total. The van der Waals surface area contributed by atoms with E-state index in [0.717, 1.165) is 0 Å². The largest absolute Gasteiger partial charge is 0.514 e. The molecular weight excluding hydrogens is 619 g/mol. The van der Waals surface area contributed by atoms with Crippen LogP contribution >= 0.6 is 17.6 Å². The van der Waals surface area contributed by atoms with E-state index in [1.54, 1.807) is 6.07 Å². The molecule has 6 rings (SSSR count). The number of aromatic nitrogens is 3. The zero-order valence-corrected chi connectivity index (χ0v) is 25.5. The van der Waals surface area contributed by atoms with Gasteiger partial charge >= 0.3 is 27.0 Å². The van der Waals surface area contributed by atoms with Crippen LogP contribution in [-0.4, -0.2) is 20.6 Å². The van der Waals surface area contributed by atoms with Crippen molar-refractivity contribution in [1.29, 1.82) is 5.26 Å². The average Bonchev–Trinajstić information content (AvgIpc) is 3.83. The molecule has 1 radical (unpaired) electrons. The number of nitriles is 1. The molecule has 201 valence electrons. The molecule has 3 aromatic heterocycles. The molecule has 0 atom stereocenters. The SMILES string of the molecule is CC#N.[Cl][Ru+].c1ccc(P(c2ccccc2)c2ccccc2)cc1.c1ccn([B-](n2cccc2)n2cccc2)c1. The third-order valence-electron chi connectivity index (χ3n) is 5.73. The molecule has 0 aliphatic carbocycles. The van der Waals surface area contributed by atoms with Crippen molar-refractivity contribution < 1.29 is 17.3 Å². The van der Waals surface area contributed by atoms with Crippen LogP contribution in [0.5, 0.6) is 0 Å². The first kappa shape index (κ1) is 30.9. The minimum absolute atomic E-state index is 0.139. The summed E-state index contributed by atoms with van der Waals surface area (Å²) < 4.78 is 6.50. The fourth-order valence-corrected chi connectivity index (χ4v) is 6.45. The molecular formula is C32H30BClN4PRu. The zero-order valence-electron chi connectivity index (χ0n) is 22.1. The molecule has 0 unspecified atom stereocenters. The van der Waals surface area contributed by atoms with Gasteiger partial charge in [0.05, 0.1) is 6.07 Å². The average molecular weight is 649 g/mol. The van der Waals surface area contributed by atoms with Crippen LogP contribution in [0.15, 0.2) is 165 Å². The molecule has 40 heavy (non-hydrogen) atoms. The van der Waals surface area contributed by atoms with Gasteiger partial charge in [0.15, 0.2) is 0 Å². The molecule has 0 bridgehead atoms. The summed E-state index contributed by atoms with van der Waals surface area (Å²) in [7, 11) is 4.26. The van der Waals surface area contributed by atoms with E-state index in [1.807, 2.05) is 53.7 Å². The van der Waals surface area contributed by atoms with Gasteiger partial charge in [0.1, 0.15) is 0 Å². The van der Waals surface area contributed by atoms with Crippen molar-refractivity contribution in [1.82, 2.24) is 13.4 Å². The van der Waals surface area contributed by atoms with Crippen molar-refractivity contribution in [2.75, 3.05) is 0 Å². The van der Waals surface area contributed by atoms with E-state index in [2.05, 4.69) is 151 Å². The zero-order chi connectivity index (χ0) is 28.4. The van der Waals surface area contributed by atoms with Crippen LogP contribution in [0, 0.1) is 11.3 Å². The third-order valence-corrected chi connectivity index (χ3v) is 8.17. The molecule has 3 heterocycles. The molecule has 6 aromatic rings. The van der Waals surface area contributed by atoms with Gasteiger partial charge in [0, 0.05) is 6.92 Å². The summed E-state index contributed by atoms with van der Waals surface area (Å²) in [5.41, 5.74) is 0. The molecule has 3 aromatic carbocycles. The van der Waals surface area contributed by atoms with E-state index in [-0.39, 0.29) is 7.12 Å². The summed E-state index contributed by atoms with van der Waals surface area (Å²) in [6, 6.07) is 46.3. The number of benzene rings is 3.